The van der Waals surface area contributed by atoms with Gasteiger partial charge < -0.3 is 15.4 Å². The number of rotatable bonds is 3. The minimum atomic E-state index is -0.464. The summed E-state index contributed by atoms with van der Waals surface area (Å²) in [6, 6.07) is 4.27. The van der Waals surface area contributed by atoms with Crippen molar-refractivity contribution < 1.29 is 13.9 Å². The molecule has 2 unspecified atom stereocenters. The predicted molar refractivity (Wildman–Crippen MR) is 70.6 cm³/mol. The zero-order valence-corrected chi connectivity index (χ0v) is 11.2. The van der Waals surface area contributed by atoms with Gasteiger partial charge in [-0.1, -0.05) is 0 Å². The monoisotopic (exact) mass is 266 g/mol. The number of hydrogen-bond donors (Lipinski definition) is 1. The van der Waals surface area contributed by atoms with E-state index in [0.717, 1.165) is 6.42 Å². The standard InChI is InChI=1S/C14H19FN2O2/c1-9(16)11-5-6-17(8-11)14(18)10-3-4-12(15)13(7-10)19-2/h3-4,7,9,11H,5-6,8,16H2,1-2H3. The van der Waals surface area contributed by atoms with Gasteiger partial charge in [0.1, 0.15) is 0 Å². The van der Waals surface area contributed by atoms with Crippen molar-refractivity contribution >= 4 is 5.91 Å². The van der Waals surface area contributed by atoms with Crippen molar-refractivity contribution in [3.05, 3.63) is 29.6 Å². The second-order valence-electron chi connectivity index (χ2n) is 5.01. The molecule has 1 amide bonds. The van der Waals surface area contributed by atoms with Crippen LogP contribution in [0.3, 0.4) is 0 Å². The number of halogens is 1. The van der Waals surface area contributed by atoms with Crippen molar-refractivity contribution in [2.45, 2.75) is 19.4 Å². The van der Waals surface area contributed by atoms with E-state index in [0.29, 0.717) is 24.6 Å². The Labute approximate surface area is 112 Å². The van der Waals surface area contributed by atoms with Crippen LogP contribution < -0.4 is 10.5 Å². The van der Waals surface area contributed by atoms with Crippen LogP contribution in [0.5, 0.6) is 5.75 Å². The van der Waals surface area contributed by atoms with E-state index in [4.69, 9.17) is 10.5 Å². The van der Waals surface area contributed by atoms with Gasteiger partial charge in [0.05, 0.1) is 7.11 Å². The van der Waals surface area contributed by atoms with Crippen LogP contribution >= 0.6 is 0 Å². The SMILES string of the molecule is COc1cc(C(=O)N2CCC(C(C)N)C2)ccc1F. The molecule has 2 rings (SSSR count). The highest BCUT2D eigenvalue weighted by Crippen LogP contribution is 2.23. The summed E-state index contributed by atoms with van der Waals surface area (Å²) in [6.07, 6.45) is 0.918. The van der Waals surface area contributed by atoms with Crippen LogP contribution in [0.2, 0.25) is 0 Å². The maximum absolute atomic E-state index is 13.3. The number of nitrogens with zero attached hydrogens (tertiary/aromatic N) is 1. The number of carbonyl (C=O) groups excluding carboxylic acids is 1. The largest absolute Gasteiger partial charge is 0.494 e. The summed E-state index contributed by atoms with van der Waals surface area (Å²) in [7, 11) is 1.38. The molecule has 1 aromatic carbocycles. The minimum Gasteiger partial charge on any atom is -0.494 e. The Morgan fingerprint density at radius 2 is 2.32 bits per heavy atom. The zero-order chi connectivity index (χ0) is 14.0. The summed E-state index contributed by atoms with van der Waals surface area (Å²) >= 11 is 0. The first kappa shape index (κ1) is 13.8. The van der Waals surface area contributed by atoms with Crippen LogP contribution in [0, 0.1) is 11.7 Å². The summed E-state index contributed by atoms with van der Waals surface area (Å²) in [5.41, 5.74) is 6.30. The molecule has 1 aliphatic heterocycles. The van der Waals surface area contributed by atoms with Crippen molar-refractivity contribution in [1.82, 2.24) is 4.90 Å². The molecule has 0 spiro atoms. The number of carbonyl (C=O) groups is 1. The van der Waals surface area contributed by atoms with E-state index in [9.17, 15) is 9.18 Å². The van der Waals surface area contributed by atoms with Crippen LogP contribution in [0.25, 0.3) is 0 Å². The van der Waals surface area contributed by atoms with Crippen molar-refractivity contribution in [2.24, 2.45) is 11.7 Å². The molecule has 1 aromatic rings. The molecule has 0 radical (unpaired) electrons. The van der Waals surface area contributed by atoms with Crippen molar-refractivity contribution in [2.75, 3.05) is 20.2 Å². The lowest BCUT2D eigenvalue weighted by Gasteiger charge is -2.18. The van der Waals surface area contributed by atoms with Crippen LogP contribution in [-0.2, 0) is 0 Å². The fraction of sp³-hybridized carbons (Fsp3) is 0.500. The maximum Gasteiger partial charge on any atom is 0.254 e. The Morgan fingerprint density at radius 1 is 1.58 bits per heavy atom. The number of ether oxygens (including phenoxy) is 1. The van der Waals surface area contributed by atoms with Crippen LogP contribution in [0.15, 0.2) is 18.2 Å². The van der Waals surface area contributed by atoms with Gasteiger partial charge in [-0.2, -0.15) is 0 Å². The average Bonchev–Trinajstić information content (AvgIpc) is 2.88. The van der Waals surface area contributed by atoms with E-state index in [1.54, 1.807) is 4.90 Å². The quantitative estimate of drug-likeness (QED) is 0.905. The number of likely N-dealkylation sites (tertiary alicyclic amines) is 1. The summed E-state index contributed by atoms with van der Waals surface area (Å²) in [5, 5.41) is 0. The molecule has 0 bridgehead atoms. The van der Waals surface area contributed by atoms with Gasteiger partial charge in [0.25, 0.3) is 5.91 Å². The molecule has 4 nitrogen and oxygen atoms in total. The highest BCUT2D eigenvalue weighted by atomic mass is 19.1. The third-order valence-corrected chi connectivity index (χ3v) is 3.65. The summed E-state index contributed by atoms with van der Waals surface area (Å²) < 4.78 is 18.2. The van der Waals surface area contributed by atoms with Gasteiger partial charge in [-0.05, 0) is 37.5 Å². The lowest BCUT2D eigenvalue weighted by atomic mass is 10.0. The number of hydrogen-bond acceptors (Lipinski definition) is 3. The zero-order valence-electron chi connectivity index (χ0n) is 11.2. The lowest BCUT2D eigenvalue weighted by molar-refractivity contribution is 0.0785. The lowest BCUT2D eigenvalue weighted by Crippen LogP contribution is -2.33. The molecule has 1 heterocycles. The molecule has 2 atom stereocenters. The molecule has 19 heavy (non-hydrogen) atoms. The molecule has 5 heteroatoms. The normalized spacial score (nSPS) is 20.4. The summed E-state index contributed by atoms with van der Waals surface area (Å²) in [6.45, 7) is 3.32. The Hall–Kier alpha value is -1.62. The van der Waals surface area contributed by atoms with Crippen LogP contribution in [0.1, 0.15) is 23.7 Å². The second-order valence-corrected chi connectivity index (χ2v) is 5.01. The second kappa shape index (κ2) is 5.57. The minimum absolute atomic E-state index is 0.0838. The average molecular weight is 266 g/mol. The van der Waals surface area contributed by atoms with Gasteiger partial charge in [0.15, 0.2) is 11.6 Å². The smallest absolute Gasteiger partial charge is 0.254 e. The molecule has 0 saturated carbocycles. The van der Waals surface area contributed by atoms with Crippen molar-refractivity contribution in [1.29, 1.82) is 0 Å². The predicted octanol–water partition coefficient (Wildman–Crippen LogP) is 1.64. The Morgan fingerprint density at radius 3 is 2.89 bits per heavy atom. The van der Waals surface area contributed by atoms with Crippen molar-refractivity contribution in [3.63, 3.8) is 0 Å². The summed E-state index contributed by atoms with van der Waals surface area (Å²) in [4.78, 5) is 14.1. The first-order valence-corrected chi connectivity index (χ1v) is 6.41. The Kier molecular flexibility index (Phi) is 4.04. The third-order valence-electron chi connectivity index (χ3n) is 3.65. The number of benzene rings is 1. The number of nitrogens with two attached hydrogens (primary N) is 1. The van der Waals surface area contributed by atoms with Gasteiger partial charge in [-0.15, -0.1) is 0 Å². The topological polar surface area (TPSA) is 55.6 Å². The van der Waals surface area contributed by atoms with Gasteiger partial charge >= 0.3 is 0 Å². The molecule has 1 saturated heterocycles. The van der Waals surface area contributed by atoms with Crippen molar-refractivity contribution in [3.8, 4) is 5.75 Å². The molecular weight excluding hydrogens is 247 g/mol. The molecule has 104 valence electrons. The van der Waals surface area contributed by atoms with Gasteiger partial charge in [-0.3, -0.25) is 4.79 Å². The highest BCUT2D eigenvalue weighted by Gasteiger charge is 2.29. The summed E-state index contributed by atoms with van der Waals surface area (Å²) in [5.74, 6) is -0.129. The fourth-order valence-corrected chi connectivity index (χ4v) is 2.38. The van der Waals surface area contributed by atoms with Gasteiger partial charge in [0.2, 0.25) is 0 Å². The first-order chi connectivity index (χ1) is 9.02. The van der Waals surface area contributed by atoms with E-state index < -0.39 is 5.82 Å². The van der Waals surface area contributed by atoms with E-state index in [2.05, 4.69) is 0 Å². The van der Waals surface area contributed by atoms with Gasteiger partial charge in [0, 0.05) is 24.7 Å². The number of amides is 1. The molecular formula is C14H19FN2O2. The number of methoxy groups -OCH3 is 1. The third kappa shape index (κ3) is 2.87. The molecule has 2 N–H and O–H groups in total. The molecule has 1 fully saturated rings. The molecule has 1 aliphatic rings. The van der Waals surface area contributed by atoms with E-state index in [1.165, 1.54) is 25.3 Å². The fourth-order valence-electron chi connectivity index (χ4n) is 2.38. The highest BCUT2D eigenvalue weighted by molar-refractivity contribution is 5.94. The van der Waals surface area contributed by atoms with Gasteiger partial charge in [-0.25, -0.2) is 4.39 Å². The first-order valence-electron chi connectivity index (χ1n) is 6.41. The van der Waals surface area contributed by atoms with E-state index >= 15 is 0 Å². The van der Waals surface area contributed by atoms with Crippen LogP contribution in [-0.4, -0.2) is 37.0 Å². The van der Waals surface area contributed by atoms with Crippen LogP contribution in [0.4, 0.5) is 4.39 Å². The van der Waals surface area contributed by atoms with E-state index in [-0.39, 0.29) is 17.7 Å². The molecule has 0 aliphatic carbocycles. The Balaban J connectivity index is 2.12. The Bertz CT molecular complexity index is 477. The van der Waals surface area contributed by atoms with E-state index in [1.807, 2.05) is 6.92 Å². The maximum atomic E-state index is 13.3. The molecule has 0 aromatic heterocycles.